The molecule has 2 unspecified atom stereocenters. The predicted octanol–water partition coefficient (Wildman–Crippen LogP) is 2.02. The van der Waals surface area contributed by atoms with E-state index in [9.17, 15) is 0 Å². The maximum absolute atomic E-state index is 5.35. The molecule has 1 fully saturated rings. The van der Waals surface area contributed by atoms with Gasteiger partial charge in [0, 0.05) is 0 Å². The molecule has 1 aromatic rings. The van der Waals surface area contributed by atoms with Crippen LogP contribution in [-0.2, 0) is 0 Å². The van der Waals surface area contributed by atoms with Gasteiger partial charge >= 0.3 is 0 Å². The third-order valence-electron chi connectivity index (χ3n) is 2.93. The Balaban J connectivity index is 2.10. The molecule has 1 aromatic carbocycles. The van der Waals surface area contributed by atoms with Gasteiger partial charge in [0.15, 0.2) is 0 Å². The van der Waals surface area contributed by atoms with Crippen molar-refractivity contribution in [2.75, 3.05) is 20.7 Å². The summed E-state index contributed by atoms with van der Waals surface area (Å²) in [7, 11) is 3.76. The van der Waals surface area contributed by atoms with Crippen molar-refractivity contribution >= 4 is 0 Å². The van der Waals surface area contributed by atoms with E-state index >= 15 is 0 Å². The monoisotopic (exact) mass is 191 g/mol. The topological polar surface area (TPSA) is 21.3 Å². The van der Waals surface area contributed by atoms with Gasteiger partial charge in [-0.05, 0) is 43.5 Å². The first-order chi connectivity index (χ1) is 6.86. The number of nitrogens with one attached hydrogen (secondary N) is 1. The Labute approximate surface area is 85.3 Å². The first kappa shape index (κ1) is 9.53. The molecule has 0 bridgehead atoms. The Bertz CT molecular complexity index is 311. The Morgan fingerprint density at radius 2 is 2.21 bits per heavy atom. The fourth-order valence-electron chi connectivity index (χ4n) is 2.09. The highest BCUT2D eigenvalue weighted by atomic mass is 16.5. The zero-order valence-corrected chi connectivity index (χ0v) is 8.79. The van der Waals surface area contributed by atoms with Crippen molar-refractivity contribution in [1.29, 1.82) is 0 Å². The van der Waals surface area contributed by atoms with Crippen LogP contribution in [-0.4, -0.2) is 20.7 Å². The van der Waals surface area contributed by atoms with Crippen molar-refractivity contribution in [2.45, 2.75) is 12.3 Å². The van der Waals surface area contributed by atoms with Crippen LogP contribution < -0.4 is 10.1 Å². The van der Waals surface area contributed by atoms with Crippen molar-refractivity contribution in [2.24, 2.45) is 5.92 Å². The lowest BCUT2D eigenvalue weighted by Crippen LogP contribution is -2.10. The van der Waals surface area contributed by atoms with E-state index in [1.807, 2.05) is 19.2 Å². The van der Waals surface area contributed by atoms with Gasteiger partial charge in [0.05, 0.1) is 7.11 Å². The molecule has 0 spiro atoms. The number of ether oxygens (including phenoxy) is 1. The SMILES string of the molecule is CNCC1CC1c1ccccc1OC. The van der Waals surface area contributed by atoms with Gasteiger partial charge in [-0.15, -0.1) is 0 Å². The number of benzene rings is 1. The minimum Gasteiger partial charge on any atom is -0.496 e. The molecule has 0 saturated heterocycles. The highest BCUT2D eigenvalue weighted by molar-refractivity contribution is 5.39. The fourth-order valence-corrected chi connectivity index (χ4v) is 2.09. The summed E-state index contributed by atoms with van der Waals surface area (Å²) in [5, 5.41) is 3.23. The second kappa shape index (κ2) is 4.01. The van der Waals surface area contributed by atoms with Gasteiger partial charge < -0.3 is 10.1 Å². The number of hydrogen-bond donors (Lipinski definition) is 1. The quantitative estimate of drug-likeness (QED) is 0.786. The molecular formula is C12H17NO. The molecule has 0 heterocycles. The highest BCUT2D eigenvalue weighted by Gasteiger charge is 2.38. The minimum atomic E-state index is 0.707. The molecule has 0 aromatic heterocycles. The summed E-state index contributed by atoms with van der Waals surface area (Å²) in [5.74, 6) is 2.55. The molecule has 1 aliphatic carbocycles. The van der Waals surface area contributed by atoms with Crippen LogP contribution in [0.3, 0.4) is 0 Å². The number of methoxy groups -OCH3 is 1. The second-order valence-corrected chi connectivity index (χ2v) is 3.90. The summed E-state index contributed by atoms with van der Waals surface area (Å²) in [6.45, 7) is 1.11. The van der Waals surface area contributed by atoms with Crippen LogP contribution in [0.25, 0.3) is 0 Å². The molecule has 0 aliphatic heterocycles. The van der Waals surface area contributed by atoms with E-state index in [1.165, 1.54) is 12.0 Å². The van der Waals surface area contributed by atoms with Crippen molar-refractivity contribution in [1.82, 2.24) is 5.32 Å². The van der Waals surface area contributed by atoms with E-state index in [0.29, 0.717) is 5.92 Å². The van der Waals surface area contributed by atoms with Crippen LogP contribution in [0.4, 0.5) is 0 Å². The molecule has 0 radical (unpaired) electrons. The van der Waals surface area contributed by atoms with Gasteiger partial charge in [0.25, 0.3) is 0 Å². The maximum atomic E-state index is 5.35. The van der Waals surface area contributed by atoms with Crippen molar-refractivity contribution < 1.29 is 4.74 Å². The smallest absolute Gasteiger partial charge is 0.122 e. The van der Waals surface area contributed by atoms with Crippen LogP contribution in [0.1, 0.15) is 17.9 Å². The largest absolute Gasteiger partial charge is 0.496 e. The summed E-state index contributed by atoms with van der Waals surface area (Å²) in [6.07, 6.45) is 1.29. The molecule has 14 heavy (non-hydrogen) atoms. The Hall–Kier alpha value is -1.02. The van der Waals surface area contributed by atoms with Crippen molar-refractivity contribution in [3.05, 3.63) is 29.8 Å². The summed E-state index contributed by atoms with van der Waals surface area (Å²) < 4.78 is 5.35. The average Bonchev–Trinajstić information content (AvgIpc) is 2.98. The molecule has 76 valence electrons. The van der Waals surface area contributed by atoms with Gasteiger partial charge in [0.1, 0.15) is 5.75 Å². The zero-order chi connectivity index (χ0) is 9.97. The summed E-state index contributed by atoms with van der Waals surface area (Å²) >= 11 is 0. The lowest BCUT2D eigenvalue weighted by Gasteiger charge is -2.07. The average molecular weight is 191 g/mol. The molecule has 2 nitrogen and oxygen atoms in total. The third-order valence-corrected chi connectivity index (χ3v) is 2.93. The van der Waals surface area contributed by atoms with E-state index in [1.54, 1.807) is 7.11 Å². The predicted molar refractivity (Wildman–Crippen MR) is 57.8 cm³/mol. The van der Waals surface area contributed by atoms with E-state index < -0.39 is 0 Å². The van der Waals surface area contributed by atoms with Gasteiger partial charge in [-0.2, -0.15) is 0 Å². The van der Waals surface area contributed by atoms with Crippen LogP contribution >= 0.6 is 0 Å². The van der Waals surface area contributed by atoms with Gasteiger partial charge in [-0.3, -0.25) is 0 Å². The fraction of sp³-hybridized carbons (Fsp3) is 0.500. The Morgan fingerprint density at radius 3 is 2.93 bits per heavy atom. The van der Waals surface area contributed by atoms with Crippen LogP contribution in [0, 0.1) is 5.92 Å². The van der Waals surface area contributed by atoms with E-state index in [2.05, 4.69) is 17.4 Å². The molecule has 1 aliphatic rings. The zero-order valence-electron chi connectivity index (χ0n) is 8.79. The maximum Gasteiger partial charge on any atom is 0.122 e. The summed E-state index contributed by atoms with van der Waals surface area (Å²) in [5.41, 5.74) is 1.37. The van der Waals surface area contributed by atoms with Crippen molar-refractivity contribution in [3.63, 3.8) is 0 Å². The molecule has 2 atom stereocenters. The highest BCUT2D eigenvalue weighted by Crippen LogP contribution is 2.49. The third kappa shape index (κ3) is 1.75. The number of para-hydroxylation sites is 1. The van der Waals surface area contributed by atoms with Gasteiger partial charge in [0.2, 0.25) is 0 Å². The van der Waals surface area contributed by atoms with Crippen molar-refractivity contribution in [3.8, 4) is 5.75 Å². The number of hydrogen-bond acceptors (Lipinski definition) is 2. The number of rotatable bonds is 4. The molecular weight excluding hydrogens is 174 g/mol. The standard InChI is InChI=1S/C12H17NO/c1-13-8-9-7-11(9)10-5-3-4-6-12(10)14-2/h3-6,9,11,13H,7-8H2,1-2H3. The second-order valence-electron chi connectivity index (χ2n) is 3.90. The first-order valence-electron chi connectivity index (χ1n) is 5.14. The summed E-state index contributed by atoms with van der Waals surface area (Å²) in [6, 6.07) is 8.34. The van der Waals surface area contributed by atoms with Crippen LogP contribution in [0.2, 0.25) is 0 Å². The van der Waals surface area contributed by atoms with E-state index in [0.717, 1.165) is 18.2 Å². The van der Waals surface area contributed by atoms with E-state index in [4.69, 9.17) is 4.74 Å². The van der Waals surface area contributed by atoms with Gasteiger partial charge in [-0.1, -0.05) is 18.2 Å². The van der Waals surface area contributed by atoms with Gasteiger partial charge in [-0.25, -0.2) is 0 Å². The Kier molecular flexibility index (Phi) is 2.73. The molecule has 1 saturated carbocycles. The summed E-state index contributed by atoms with van der Waals surface area (Å²) in [4.78, 5) is 0. The molecule has 2 heteroatoms. The van der Waals surface area contributed by atoms with Crippen LogP contribution in [0.5, 0.6) is 5.75 Å². The van der Waals surface area contributed by atoms with E-state index in [-0.39, 0.29) is 0 Å². The van der Waals surface area contributed by atoms with Crippen LogP contribution in [0.15, 0.2) is 24.3 Å². The molecule has 1 N–H and O–H groups in total. The molecule has 0 amide bonds. The Morgan fingerprint density at radius 1 is 1.43 bits per heavy atom. The minimum absolute atomic E-state index is 0.707. The normalized spacial score (nSPS) is 24.7. The lowest BCUT2D eigenvalue weighted by atomic mass is 10.1. The lowest BCUT2D eigenvalue weighted by molar-refractivity contribution is 0.409. The first-order valence-corrected chi connectivity index (χ1v) is 5.14. The molecule has 2 rings (SSSR count).